The summed E-state index contributed by atoms with van der Waals surface area (Å²) in [6, 6.07) is 12.1. The predicted octanol–water partition coefficient (Wildman–Crippen LogP) is 4.20. The minimum absolute atomic E-state index is 0.150. The molecule has 1 amide bonds. The molecule has 126 valence electrons. The van der Waals surface area contributed by atoms with Crippen molar-refractivity contribution in [3.05, 3.63) is 58.9 Å². The lowest BCUT2D eigenvalue weighted by Gasteiger charge is -2.21. The van der Waals surface area contributed by atoms with E-state index in [0.29, 0.717) is 0 Å². The summed E-state index contributed by atoms with van der Waals surface area (Å²) in [5, 5.41) is 0.784. The number of benzene rings is 1. The normalized spacial score (nSPS) is 16.8. The maximum Gasteiger partial charge on any atom is 0.239 e. The number of likely N-dealkylation sites (N-methyl/N-ethyl adjacent to an activating group) is 1. The van der Waals surface area contributed by atoms with Gasteiger partial charge >= 0.3 is 0 Å². The first kappa shape index (κ1) is 14.9. The lowest BCUT2D eigenvalue weighted by Crippen LogP contribution is -2.36. The van der Waals surface area contributed by atoms with Crippen molar-refractivity contribution in [2.24, 2.45) is 0 Å². The largest absolute Gasteiger partial charge is 0.469 e. The Morgan fingerprint density at radius 1 is 1.20 bits per heavy atom. The van der Waals surface area contributed by atoms with Crippen LogP contribution in [-0.2, 0) is 23.1 Å². The highest BCUT2D eigenvalue weighted by molar-refractivity contribution is 7.16. The van der Waals surface area contributed by atoms with Gasteiger partial charge in [-0.15, -0.1) is 11.3 Å². The van der Waals surface area contributed by atoms with Crippen molar-refractivity contribution in [3.63, 3.8) is 0 Å². The Morgan fingerprint density at radius 2 is 2.00 bits per heavy atom. The molecule has 3 aromatic rings. The lowest BCUT2D eigenvalue weighted by molar-refractivity contribution is -0.120. The van der Waals surface area contributed by atoms with E-state index in [-0.39, 0.29) is 11.3 Å². The van der Waals surface area contributed by atoms with Crippen LogP contribution in [0.25, 0.3) is 11.3 Å². The number of fused-ring (bicyclic) bond motifs is 3. The van der Waals surface area contributed by atoms with Crippen LogP contribution in [-0.4, -0.2) is 17.9 Å². The smallest absolute Gasteiger partial charge is 0.239 e. The Labute approximate surface area is 150 Å². The van der Waals surface area contributed by atoms with Gasteiger partial charge in [-0.05, 0) is 30.9 Å². The molecule has 0 bridgehead atoms. The summed E-state index contributed by atoms with van der Waals surface area (Å²) in [5.74, 6) is 1.15. The highest BCUT2D eigenvalue weighted by Gasteiger charge is 2.53. The number of anilines is 1. The topological polar surface area (TPSA) is 46.3 Å². The molecule has 0 spiro atoms. The van der Waals surface area contributed by atoms with E-state index in [1.165, 1.54) is 4.88 Å². The maximum absolute atomic E-state index is 13.2. The van der Waals surface area contributed by atoms with Crippen LogP contribution in [0.15, 0.2) is 47.1 Å². The quantitative estimate of drug-likeness (QED) is 0.711. The number of aromatic nitrogens is 1. The standard InChI is InChI=1S/C20H18N2O2S/c1-22(18(23)20(10-11-20)13-5-3-2-4-6-13)19-21-17-14-9-12-24-15(14)7-8-16(17)25-19/h2-6,9,12H,7-8,10-11H2,1H3. The Balaban J connectivity index is 1.48. The first-order valence-electron chi connectivity index (χ1n) is 8.59. The highest BCUT2D eigenvalue weighted by Crippen LogP contribution is 2.50. The molecule has 2 aliphatic rings. The Kier molecular flexibility index (Phi) is 3.16. The molecule has 2 heterocycles. The number of hydrogen-bond acceptors (Lipinski definition) is 4. The van der Waals surface area contributed by atoms with Crippen molar-refractivity contribution >= 4 is 22.4 Å². The van der Waals surface area contributed by atoms with Gasteiger partial charge in [-0.3, -0.25) is 9.69 Å². The van der Waals surface area contributed by atoms with Crippen molar-refractivity contribution in [1.82, 2.24) is 4.98 Å². The molecule has 1 fully saturated rings. The lowest BCUT2D eigenvalue weighted by atomic mass is 9.95. The fraction of sp³-hybridized carbons (Fsp3) is 0.300. The molecule has 0 aliphatic heterocycles. The zero-order valence-corrected chi connectivity index (χ0v) is 14.8. The third-order valence-electron chi connectivity index (χ3n) is 5.34. The van der Waals surface area contributed by atoms with Gasteiger partial charge in [-0.25, -0.2) is 4.98 Å². The number of carbonyl (C=O) groups is 1. The third-order valence-corrected chi connectivity index (χ3v) is 6.53. The number of carbonyl (C=O) groups excluding carboxylic acids is 1. The predicted molar refractivity (Wildman–Crippen MR) is 98.0 cm³/mol. The molecule has 1 aromatic carbocycles. The molecule has 5 heteroatoms. The molecule has 5 rings (SSSR count). The number of thiazole rings is 1. The van der Waals surface area contributed by atoms with Crippen LogP contribution in [0.5, 0.6) is 0 Å². The van der Waals surface area contributed by atoms with E-state index in [1.807, 2.05) is 31.3 Å². The second kappa shape index (κ2) is 5.30. The summed E-state index contributed by atoms with van der Waals surface area (Å²) >= 11 is 1.63. The molecule has 4 nitrogen and oxygen atoms in total. The van der Waals surface area contributed by atoms with Crippen molar-refractivity contribution in [1.29, 1.82) is 0 Å². The summed E-state index contributed by atoms with van der Waals surface area (Å²) in [7, 11) is 1.85. The number of furan rings is 1. The molecule has 25 heavy (non-hydrogen) atoms. The Bertz CT molecular complexity index is 953. The van der Waals surface area contributed by atoms with Gasteiger partial charge in [-0.1, -0.05) is 30.3 Å². The van der Waals surface area contributed by atoms with Crippen molar-refractivity contribution in [2.45, 2.75) is 31.1 Å². The molecule has 1 saturated carbocycles. The zero-order valence-electron chi connectivity index (χ0n) is 14.0. The van der Waals surface area contributed by atoms with Crippen LogP contribution in [0.1, 0.15) is 29.0 Å². The fourth-order valence-electron chi connectivity index (χ4n) is 3.75. The maximum atomic E-state index is 13.2. The second-order valence-electron chi connectivity index (χ2n) is 6.84. The van der Waals surface area contributed by atoms with Gasteiger partial charge in [0.1, 0.15) is 5.76 Å². The number of rotatable bonds is 3. The van der Waals surface area contributed by atoms with Gasteiger partial charge < -0.3 is 4.42 Å². The SMILES string of the molecule is CN(C(=O)C1(c2ccccc2)CC1)c1nc2c(s1)CCc1occc1-2. The van der Waals surface area contributed by atoms with Crippen LogP contribution in [0.4, 0.5) is 5.13 Å². The van der Waals surface area contributed by atoms with Crippen molar-refractivity contribution in [3.8, 4) is 11.3 Å². The van der Waals surface area contributed by atoms with E-state index in [0.717, 1.165) is 53.4 Å². The zero-order chi connectivity index (χ0) is 17.0. The molecule has 0 unspecified atom stereocenters. The van der Waals surface area contributed by atoms with Crippen molar-refractivity contribution < 1.29 is 9.21 Å². The van der Waals surface area contributed by atoms with Crippen LogP contribution >= 0.6 is 11.3 Å². The van der Waals surface area contributed by atoms with E-state index < -0.39 is 0 Å². The average molecular weight is 350 g/mol. The molecule has 0 radical (unpaired) electrons. The number of hydrogen-bond donors (Lipinski definition) is 0. The molecular weight excluding hydrogens is 332 g/mol. The first-order chi connectivity index (χ1) is 12.2. The van der Waals surface area contributed by atoms with Gasteiger partial charge in [0.15, 0.2) is 5.13 Å². The minimum atomic E-state index is -0.358. The van der Waals surface area contributed by atoms with Crippen LogP contribution in [0.3, 0.4) is 0 Å². The van der Waals surface area contributed by atoms with Crippen LogP contribution in [0, 0.1) is 0 Å². The van der Waals surface area contributed by atoms with E-state index in [2.05, 4.69) is 12.1 Å². The summed E-state index contributed by atoms with van der Waals surface area (Å²) in [4.78, 5) is 21.0. The highest BCUT2D eigenvalue weighted by atomic mass is 32.1. The van der Waals surface area contributed by atoms with Crippen LogP contribution in [0.2, 0.25) is 0 Å². The molecule has 2 aliphatic carbocycles. The molecule has 0 atom stereocenters. The second-order valence-corrected chi connectivity index (χ2v) is 7.90. The Hall–Kier alpha value is -2.40. The molecule has 2 aromatic heterocycles. The van der Waals surface area contributed by atoms with Crippen molar-refractivity contribution in [2.75, 3.05) is 11.9 Å². The van der Waals surface area contributed by atoms with Gasteiger partial charge in [0.05, 0.1) is 17.4 Å². The van der Waals surface area contributed by atoms with Gasteiger partial charge in [0.25, 0.3) is 0 Å². The Morgan fingerprint density at radius 3 is 2.76 bits per heavy atom. The van der Waals surface area contributed by atoms with E-state index in [1.54, 1.807) is 22.5 Å². The van der Waals surface area contributed by atoms with E-state index >= 15 is 0 Å². The number of aryl methyl sites for hydroxylation is 2. The van der Waals surface area contributed by atoms with Gasteiger partial charge in [0, 0.05) is 23.9 Å². The van der Waals surface area contributed by atoms with Gasteiger partial charge in [0.2, 0.25) is 5.91 Å². The molecule has 0 saturated heterocycles. The molecular formula is C20H18N2O2S. The average Bonchev–Trinajstić information content (AvgIpc) is 3.12. The fourth-order valence-corrected chi connectivity index (χ4v) is 4.78. The van der Waals surface area contributed by atoms with Crippen LogP contribution < -0.4 is 4.90 Å². The third kappa shape index (κ3) is 2.19. The number of nitrogens with zero attached hydrogens (tertiary/aromatic N) is 2. The van der Waals surface area contributed by atoms with E-state index in [4.69, 9.17) is 9.40 Å². The summed E-state index contributed by atoms with van der Waals surface area (Å²) in [6.07, 6.45) is 5.39. The summed E-state index contributed by atoms with van der Waals surface area (Å²) in [6.45, 7) is 0. The van der Waals surface area contributed by atoms with E-state index in [9.17, 15) is 4.79 Å². The monoisotopic (exact) mass is 350 g/mol. The molecule has 0 N–H and O–H groups in total. The van der Waals surface area contributed by atoms with Gasteiger partial charge in [-0.2, -0.15) is 0 Å². The minimum Gasteiger partial charge on any atom is -0.469 e. The first-order valence-corrected chi connectivity index (χ1v) is 9.41. The summed E-state index contributed by atoms with van der Waals surface area (Å²) < 4.78 is 5.54. The number of amides is 1. The summed E-state index contributed by atoms with van der Waals surface area (Å²) in [5.41, 5.74) is 2.82.